The van der Waals surface area contributed by atoms with E-state index in [0.717, 1.165) is 25.5 Å². The van der Waals surface area contributed by atoms with Crippen LogP contribution in [0.4, 0.5) is 5.69 Å². The molecule has 0 unspecified atom stereocenters. The highest BCUT2D eigenvalue weighted by atomic mass is 32.1. The summed E-state index contributed by atoms with van der Waals surface area (Å²) < 4.78 is 4.43. The monoisotopic (exact) mass is 511 g/mol. The highest BCUT2D eigenvalue weighted by Gasteiger charge is 2.18. The van der Waals surface area contributed by atoms with E-state index in [-0.39, 0.29) is 23.0 Å². The van der Waals surface area contributed by atoms with Crippen molar-refractivity contribution in [3.05, 3.63) is 70.3 Å². The number of ether oxygens (including phenoxy) is 1. The summed E-state index contributed by atoms with van der Waals surface area (Å²) in [6.07, 6.45) is 2.60. The van der Waals surface area contributed by atoms with Crippen LogP contribution in [0.1, 0.15) is 36.2 Å². The van der Waals surface area contributed by atoms with Crippen LogP contribution < -0.4 is 16.0 Å². The zero-order valence-corrected chi connectivity index (χ0v) is 20.4. The summed E-state index contributed by atoms with van der Waals surface area (Å²) >= 11 is 1.23. The summed E-state index contributed by atoms with van der Waals surface area (Å²) in [5, 5.41) is 12.9. The maximum atomic E-state index is 12.4. The molecule has 12 nitrogen and oxygen atoms in total. The average Bonchev–Trinajstić information content (AvgIpc) is 3.36. The third-order valence-corrected chi connectivity index (χ3v) is 5.50. The van der Waals surface area contributed by atoms with Crippen molar-refractivity contribution < 1.29 is 23.9 Å². The second-order valence-corrected chi connectivity index (χ2v) is 8.14. The first-order valence-electron chi connectivity index (χ1n) is 10.7. The molecule has 0 aliphatic heterocycles. The number of esters is 1. The minimum Gasteiger partial charge on any atom is -0.464 e. The van der Waals surface area contributed by atoms with Crippen LogP contribution in [0.3, 0.4) is 0 Å². The topological polar surface area (TPSA) is 175 Å². The minimum atomic E-state index is -0.823. The van der Waals surface area contributed by atoms with Crippen LogP contribution in [0.5, 0.6) is 0 Å². The SMILES string of the molecule is C=C(NC(=O)c1csc(-c2ccc(NC(=O)CCCCCN=[N+]=[N-])cc2)n1)C(=O)NC(=C)C(=O)OC. The van der Waals surface area contributed by atoms with E-state index < -0.39 is 17.8 Å². The average molecular weight is 512 g/mol. The number of amides is 3. The van der Waals surface area contributed by atoms with Crippen LogP contribution in [0.15, 0.2) is 59.3 Å². The molecular formula is C23H25N7O5S. The molecule has 1 aromatic heterocycles. The maximum absolute atomic E-state index is 12.4. The second-order valence-electron chi connectivity index (χ2n) is 7.29. The molecule has 0 aliphatic carbocycles. The summed E-state index contributed by atoms with van der Waals surface area (Å²) in [6.45, 7) is 7.27. The predicted octanol–water partition coefficient (Wildman–Crippen LogP) is 3.67. The molecule has 3 N–H and O–H groups in total. The molecule has 3 amide bonds. The summed E-state index contributed by atoms with van der Waals surface area (Å²) in [7, 11) is 1.14. The van der Waals surface area contributed by atoms with E-state index in [1.807, 2.05) is 0 Å². The fourth-order valence-corrected chi connectivity index (χ4v) is 3.57. The number of nitrogens with zero attached hydrogens (tertiary/aromatic N) is 4. The van der Waals surface area contributed by atoms with Crippen LogP contribution in [-0.2, 0) is 19.1 Å². The van der Waals surface area contributed by atoms with Gasteiger partial charge in [-0.1, -0.05) is 24.7 Å². The van der Waals surface area contributed by atoms with Crippen LogP contribution in [-0.4, -0.2) is 42.3 Å². The molecule has 1 aromatic carbocycles. The molecule has 188 valence electrons. The van der Waals surface area contributed by atoms with Gasteiger partial charge in [-0.25, -0.2) is 9.78 Å². The zero-order valence-electron chi connectivity index (χ0n) is 19.6. The molecule has 2 rings (SSSR count). The van der Waals surface area contributed by atoms with E-state index in [2.05, 4.69) is 48.9 Å². The van der Waals surface area contributed by atoms with Gasteiger partial charge in [0.15, 0.2) is 0 Å². The maximum Gasteiger partial charge on any atom is 0.353 e. The number of azide groups is 1. The van der Waals surface area contributed by atoms with Gasteiger partial charge in [0, 0.05) is 34.5 Å². The number of aromatic nitrogens is 1. The van der Waals surface area contributed by atoms with E-state index in [1.54, 1.807) is 24.3 Å². The van der Waals surface area contributed by atoms with Crippen molar-refractivity contribution in [1.29, 1.82) is 0 Å². The Labute approximate surface area is 211 Å². The number of hydrogen-bond donors (Lipinski definition) is 3. The van der Waals surface area contributed by atoms with Gasteiger partial charge in [0.2, 0.25) is 5.91 Å². The first kappa shape index (κ1) is 27.8. The summed E-state index contributed by atoms with van der Waals surface area (Å²) in [6, 6.07) is 6.99. The van der Waals surface area contributed by atoms with Gasteiger partial charge in [0.1, 0.15) is 16.4 Å². The van der Waals surface area contributed by atoms with Crippen molar-refractivity contribution >= 4 is 40.7 Å². The predicted molar refractivity (Wildman–Crippen MR) is 135 cm³/mol. The first-order valence-corrected chi connectivity index (χ1v) is 11.6. The van der Waals surface area contributed by atoms with E-state index in [1.165, 1.54) is 16.7 Å². The van der Waals surface area contributed by atoms with Crippen molar-refractivity contribution in [3.8, 4) is 10.6 Å². The molecule has 2 aromatic rings. The Balaban J connectivity index is 1.87. The van der Waals surface area contributed by atoms with Crippen LogP contribution in [0.2, 0.25) is 0 Å². The van der Waals surface area contributed by atoms with Gasteiger partial charge in [0.05, 0.1) is 12.8 Å². The summed E-state index contributed by atoms with van der Waals surface area (Å²) in [4.78, 5) is 54.8. The molecule has 36 heavy (non-hydrogen) atoms. The third kappa shape index (κ3) is 8.70. The van der Waals surface area contributed by atoms with Crippen LogP contribution in [0, 0.1) is 0 Å². The van der Waals surface area contributed by atoms with Crippen molar-refractivity contribution in [3.63, 3.8) is 0 Å². The second kappa shape index (κ2) is 14.0. The number of carbonyl (C=O) groups excluding carboxylic acids is 4. The van der Waals surface area contributed by atoms with E-state index in [0.29, 0.717) is 30.1 Å². The zero-order chi connectivity index (χ0) is 26.5. The minimum absolute atomic E-state index is 0.0774. The molecule has 1 heterocycles. The lowest BCUT2D eigenvalue weighted by Gasteiger charge is -2.09. The van der Waals surface area contributed by atoms with Crippen molar-refractivity contribution in [2.45, 2.75) is 25.7 Å². The largest absolute Gasteiger partial charge is 0.464 e. The number of nitrogens with one attached hydrogen (secondary N) is 3. The van der Waals surface area contributed by atoms with Gasteiger partial charge in [-0.3, -0.25) is 14.4 Å². The Morgan fingerprint density at radius 3 is 2.47 bits per heavy atom. The fraction of sp³-hybridized carbons (Fsp3) is 0.261. The molecular weight excluding hydrogens is 486 g/mol. The molecule has 0 fully saturated rings. The van der Waals surface area contributed by atoms with Crippen LogP contribution >= 0.6 is 11.3 Å². The van der Waals surface area contributed by atoms with E-state index in [4.69, 9.17) is 5.53 Å². The number of benzene rings is 1. The molecule has 0 radical (unpaired) electrons. The molecule has 0 spiro atoms. The molecule has 13 heteroatoms. The highest BCUT2D eigenvalue weighted by Crippen LogP contribution is 2.25. The van der Waals surface area contributed by atoms with Crippen molar-refractivity contribution in [2.24, 2.45) is 5.11 Å². The Kier molecular flexibility index (Phi) is 10.8. The summed E-state index contributed by atoms with van der Waals surface area (Å²) in [5.74, 6) is -2.40. The normalized spacial score (nSPS) is 9.92. The number of thiazole rings is 1. The van der Waals surface area contributed by atoms with Gasteiger partial charge in [-0.2, -0.15) is 0 Å². The number of anilines is 1. The third-order valence-electron chi connectivity index (χ3n) is 4.61. The number of unbranched alkanes of at least 4 members (excludes halogenated alkanes) is 2. The first-order chi connectivity index (χ1) is 17.2. The van der Waals surface area contributed by atoms with Gasteiger partial charge >= 0.3 is 5.97 Å². The van der Waals surface area contributed by atoms with Crippen molar-refractivity contribution in [2.75, 3.05) is 19.0 Å². The van der Waals surface area contributed by atoms with Gasteiger partial charge in [-0.05, 0) is 42.6 Å². The molecule has 0 atom stereocenters. The number of carbonyl (C=O) groups is 4. The Bertz CT molecular complexity index is 1200. The van der Waals surface area contributed by atoms with Crippen LogP contribution in [0.25, 0.3) is 21.0 Å². The molecule has 0 aliphatic rings. The van der Waals surface area contributed by atoms with Crippen molar-refractivity contribution in [1.82, 2.24) is 15.6 Å². The molecule has 0 saturated heterocycles. The lowest BCUT2D eigenvalue weighted by atomic mass is 10.1. The standard InChI is InChI=1S/C23H25N7O5S/c1-14(20(32)27-15(2)23(34)35-3)26-21(33)18-13-36-22(29-18)16-8-10-17(11-9-16)28-19(31)7-5-4-6-12-25-30-24/h8-11,13H,1-2,4-7,12H2,3H3,(H,26,33)(H,27,32)(H,28,31). The van der Waals surface area contributed by atoms with Gasteiger partial charge in [0.25, 0.3) is 11.8 Å². The molecule has 0 saturated carbocycles. The summed E-state index contributed by atoms with van der Waals surface area (Å²) in [5.41, 5.74) is 9.08. The lowest BCUT2D eigenvalue weighted by molar-refractivity contribution is -0.137. The Morgan fingerprint density at radius 1 is 1.08 bits per heavy atom. The quantitative estimate of drug-likeness (QED) is 0.0923. The fourth-order valence-electron chi connectivity index (χ4n) is 2.76. The highest BCUT2D eigenvalue weighted by molar-refractivity contribution is 7.13. The lowest BCUT2D eigenvalue weighted by Crippen LogP contribution is -2.35. The Hall–Kier alpha value is -4.48. The van der Waals surface area contributed by atoms with Gasteiger partial charge < -0.3 is 20.7 Å². The number of methoxy groups -OCH3 is 1. The van der Waals surface area contributed by atoms with E-state index in [9.17, 15) is 19.2 Å². The van der Waals surface area contributed by atoms with E-state index >= 15 is 0 Å². The number of rotatable bonds is 13. The Morgan fingerprint density at radius 2 is 1.81 bits per heavy atom. The number of hydrogen-bond acceptors (Lipinski definition) is 8. The van der Waals surface area contributed by atoms with Gasteiger partial charge in [-0.15, -0.1) is 11.3 Å². The molecule has 0 bridgehead atoms. The smallest absolute Gasteiger partial charge is 0.353 e.